The molecule has 5 heteroatoms. The van der Waals surface area contributed by atoms with Crippen LogP contribution in [0, 0.1) is 13.8 Å². The van der Waals surface area contributed by atoms with E-state index in [4.69, 9.17) is 4.74 Å². The summed E-state index contributed by atoms with van der Waals surface area (Å²) in [6.45, 7) is 7.86. The Balaban J connectivity index is 1.74. The SMILES string of the molecule is Cc1ccc(C(=O)NCC(c2cccn2C)N2CCOCC2)c(C)c1. The molecule has 1 saturated heterocycles. The third kappa shape index (κ3) is 4.11. The predicted octanol–water partition coefficient (Wildman–Crippen LogP) is 2.45. The second kappa shape index (κ2) is 7.85. The number of aryl methyl sites for hydroxylation is 3. The number of ether oxygens (including phenoxy) is 1. The van der Waals surface area contributed by atoms with Gasteiger partial charge in [-0.05, 0) is 37.6 Å². The first-order valence-electron chi connectivity index (χ1n) is 8.85. The average Bonchev–Trinajstić information content (AvgIpc) is 3.02. The van der Waals surface area contributed by atoms with Gasteiger partial charge in [0.05, 0.1) is 19.3 Å². The summed E-state index contributed by atoms with van der Waals surface area (Å²) >= 11 is 0. The van der Waals surface area contributed by atoms with Gasteiger partial charge in [-0.3, -0.25) is 9.69 Å². The number of hydrogen-bond acceptors (Lipinski definition) is 3. The van der Waals surface area contributed by atoms with E-state index in [-0.39, 0.29) is 11.9 Å². The van der Waals surface area contributed by atoms with E-state index in [1.165, 1.54) is 11.3 Å². The molecule has 1 aromatic heterocycles. The first-order valence-corrected chi connectivity index (χ1v) is 8.85. The molecule has 1 aliphatic rings. The van der Waals surface area contributed by atoms with Crippen molar-refractivity contribution in [1.82, 2.24) is 14.8 Å². The van der Waals surface area contributed by atoms with Gasteiger partial charge < -0.3 is 14.6 Å². The van der Waals surface area contributed by atoms with Crippen molar-refractivity contribution in [3.63, 3.8) is 0 Å². The lowest BCUT2D eigenvalue weighted by atomic mass is 10.0. The molecule has 2 heterocycles. The number of benzene rings is 1. The zero-order valence-electron chi connectivity index (χ0n) is 15.3. The van der Waals surface area contributed by atoms with Crippen LogP contribution in [0.15, 0.2) is 36.5 Å². The molecule has 1 aromatic carbocycles. The number of carbonyl (C=O) groups excluding carboxylic acids is 1. The third-order valence-corrected chi connectivity index (χ3v) is 4.89. The molecule has 3 rings (SSSR count). The van der Waals surface area contributed by atoms with Crippen LogP contribution >= 0.6 is 0 Å². The molecule has 134 valence electrons. The maximum absolute atomic E-state index is 12.7. The topological polar surface area (TPSA) is 46.5 Å². The summed E-state index contributed by atoms with van der Waals surface area (Å²) in [5.74, 6) is -0.00929. The fraction of sp³-hybridized carbons (Fsp3) is 0.450. The van der Waals surface area contributed by atoms with E-state index in [0.717, 1.165) is 37.4 Å². The van der Waals surface area contributed by atoms with Crippen molar-refractivity contribution in [2.24, 2.45) is 7.05 Å². The van der Waals surface area contributed by atoms with E-state index in [9.17, 15) is 4.79 Å². The van der Waals surface area contributed by atoms with Crippen molar-refractivity contribution >= 4 is 5.91 Å². The van der Waals surface area contributed by atoms with Crippen molar-refractivity contribution in [3.8, 4) is 0 Å². The molecule has 1 atom stereocenters. The van der Waals surface area contributed by atoms with Crippen LogP contribution in [-0.2, 0) is 11.8 Å². The van der Waals surface area contributed by atoms with Gasteiger partial charge in [0.1, 0.15) is 0 Å². The van der Waals surface area contributed by atoms with E-state index in [1.54, 1.807) is 0 Å². The summed E-state index contributed by atoms with van der Waals surface area (Å²) in [6, 6.07) is 10.3. The molecule has 1 aliphatic heterocycles. The van der Waals surface area contributed by atoms with Gasteiger partial charge in [0.2, 0.25) is 0 Å². The highest BCUT2D eigenvalue weighted by Crippen LogP contribution is 2.21. The summed E-state index contributed by atoms with van der Waals surface area (Å²) in [5.41, 5.74) is 4.14. The smallest absolute Gasteiger partial charge is 0.251 e. The molecule has 0 saturated carbocycles. The minimum atomic E-state index is -0.00929. The minimum Gasteiger partial charge on any atom is -0.379 e. The number of carbonyl (C=O) groups is 1. The second-order valence-corrected chi connectivity index (χ2v) is 6.74. The standard InChI is InChI=1S/C20H27N3O2/c1-15-6-7-17(16(2)13-15)20(24)21-14-19(18-5-4-8-22(18)3)23-9-11-25-12-10-23/h4-8,13,19H,9-12,14H2,1-3H3,(H,21,24). The molecular weight excluding hydrogens is 314 g/mol. The fourth-order valence-corrected chi connectivity index (χ4v) is 3.48. The number of aromatic nitrogens is 1. The molecule has 1 fully saturated rings. The number of amides is 1. The van der Waals surface area contributed by atoms with Crippen LogP contribution in [-0.4, -0.2) is 48.2 Å². The van der Waals surface area contributed by atoms with Gasteiger partial charge >= 0.3 is 0 Å². The zero-order chi connectivity index (χ0) is 17.8. The molecule has 0 aliphatic carbocycles. The summed E-state index contributed by atoms with van der Waals surface area (Å²) in [4.78, 5) is 15.0. The summed E-state index contributed by atoms with van der Waals surface area (Å²) in [5, 5.41) is 3.14. The Labute approximate surface area is 149 Å². The van der Waals surface area contributed by atoms with E-state index in [0.29, 0.717) is 6.54 Å². The molecule has 0 radical (unpaired) electrons. The van der Waals surface area contributed by atoms with Crippen LogP contribution in [0.5, 0.6) is 0 Å². The maximum atomic E-state index is 12.7. The summed E-state index contributed by atoms with van der Waals surface area (Å²) in [6.07, 6.45) is 2.05. The summed E-state index contributed by atoms with van der Waals surface area (Å²) < 4.78 is 7.61. The van der Waals surface area contributed by atoms with E-state index in [2.05, 4.69) is 40.2 Å². The Morgan fingerprint density at radius 2 is 2.00 bits per heavy atom. The second-order valence-electron chi connectivity index (χ2n) is 6.74. The molecule has 1 amide bonds. The lowest BCUT2D eigenvalue weighted by Gasteiger charge is -2.35. The van der Waals surface area contributed by atoms with Crippen LogP contribution in [0.2, 0.25) is 0 Å². The molecule has 1 N–H and O–H groups in total. The lowest BCUT2D eigenvalue weighted by molar-refractivity contribution is 0.0148. The van der Waals surface area contributed by atoms with Crippen molar-refractivity contribution in [2.45, 2.75) is 19.9 Å². The van der Waals surface area contributed by atoms with Crippen LogP contribution in [0.4, 0.5) is 0 Å². The van der Waals surface area contributed by atoms with Gasteiger partial charge in [-0.2, -0.15) is 0 Å². The molecular formula is C20H27N3O2. The molecule has 25 heavy (non-hydrogen) atoms. The van der Waals surface area contributed by atoms with Crippen molar-refractivity contribution in [3.05, 3.63) is 58.9 Å². The monoisotopic (exact) mass is 341 g/mol. The Bertz CT molecular complexity index is 732. The largest absolute Gasteiger partial charge is 0.379 e. The van der Waals surface area contributed by atoms with Gasteiger partial charge in [-0.1, -0.05) is 17.7 Å². The van der Waals surface area contributed by atoms with E-state index in [1.807, 2.05) is 32.0 Å². The quantitative estimate of drug-likeness (QED) is 0.909. The number of nitrogens with zero attached hydrogens (tertiary/aromatic N) is 2. The first-order chi connectivity index (χ1) is 12.1. The van der Waals surface area contributed by atoms with E-state index >= 15 is 0 Å². The third-order valence-electron chi connectivity index (χ3n) is 4.89. The highest BCUT2D eigenvalue weighted by atomic mass is 16.5. The Morgan fingerprint density at radius 3 is 2.64 bits per heavy atom. The molecule has 0 bridgehead atoms. The maximum Gasteiger partial charge on any atom is 0.251 e. The predicted molar refractivity (Wildman–Crippen MR) is 98.8 cm³/mol. The number of nitrogens with one attached hydrogen (secondary N) is 1. The van der Waals surface area contributed by atoms with Gasteiger partial charge in [0, 0.05) is 44.1 Å². The Hall–Kier alpha value is -2.11. The Morgan fingerprint density at radius 1 is 1.24 bits per heavy atom. The zero-order valence-corrected chi connectivity index (χ0v) is 15.3. The molecule has 5 nitrogen and oxygen atoms in total. The van der Waals surface area contributed by atoms with Crippen LogP contribution in [0.25, 0.3) is 0 Å². The number of rotatable bonds is 5. The number of hydrogen-bond donors (Lipinski definition) is 1. The van der Waals surface area contributed by atoms with Gasteiger partial charge in [0.25, 0.3) is 5.91 Å². The minimum absolute atomic E-state index is 0.00929. The highest BCUT2D eigenvalue weighted by molar-refractivity contribution is 5.95. The van der Waals surface area contributed by atoms with Crippen molar-refractivity contribution < 1.29 is 9.53 Å². The Kier molecular flexibility index (Phi) is 5.56. The lowest BCUT2D eigenvalue weighted by Crippen LogP contribution is -2.44. The molecule has 1 unspecified atom stereocenters. The molecule has 0 spiro atoms. The van der Waals surface area contributed by atoms with E-state index < -0.39 is 0 Å². The van der Waals surface area contributed by atoms with Gasteiger partial charge in [0.15, 0.2) is 0 Å². The first kappa shape index (κ1) is 17.7. The van der Waals surface area contributed by atoms with Crippen LogP contribution < -0.4 is 5.32 Å². The number of morpholine rings is 1. The van der Waals surface area contributed by atoms with Crippen molar-refractivity contribution in [2.75, 3.05) is 32.8 Å². The fourth-order valence-electron chi connectivity index (χ4n) is 3.48. The molecule has 2 aromatic rings. The van der Waals surface area contributed by atoms with Crippen molar-refractivity contribution in [1.29, 1.82) is 0 Å². The highest BCUT2D eigenvalue weighted by Gasteiger charge is 2.25. The summed E-state index contributed by atoms with van der Waals surface area (Å²) in [7, 11) is 2.05. The van der Waals surface area contributed by atoms with Crippen LogP contribution in [0.1, 0.15) is 33.2 Å². The van der Waals surface area contributed by atoms with Crippen LogP contribution in [0.3, 0.4) is 0 Å². The van der Waals surface area contributed by atoms with Gasteiger partial charge in [-0.25, -0.2) is 0 Å². The average molecular weight is 341 g/mol. The normalized spacial score (nSPS) is 16.6. The van der Waals surface area contributed by atoms with Gasteiger partial charge in [-0.15, -0.1) is 0 Å².